The number of halogens is 1. The first-order valence-corrected chi connectivity index (χ1v) is 10.4. The van der Waals surface area contributed by atoms with E-state index in [4.69, 9.17) is 4.74 Å². The minimum Gasteiger partial charge on any atom is -0.491 e. The number of allylic oxidation sites excluding steroid dienone is 2. The van der Waals surface area contributed by atoms with Crippen molar-refractivity contribution in [2.45, 2.75) is 95.6 Å². The number of aliphatic hydroxyl groups excluding tert-OH is 2. The third-order valence-corrected chi connectivity index (χ3v) is 5.92. The molecule has 1 saturated heterocycles. The van der Waals surface area contributed by atoms with Gasteiger partial charge < -0.3 is 19.7 Å². The zero-order valence-electron chi connectivity index (χ0n) is 16.6. The number of hydrogen-bond donors (Lipinski definition) is 2. The summed E-state index contributed by atoms with van der Waals surface area (Å²) in [5, 5.41) is 20.5. The Morgan fingerprint density at radius 1 is 1.37 bits per heavy atom. The molecule has 0 radical (unpaired) electrons. The molecule has 2 aliphatic rings. The fourth-order valence-corrected chi connectivity index (χ4v) is 4.36. The zero-order valence-corrected chi connectivity index (χ0v) is 16.6. The summed E-state index contributed by atoms with van der Waals surface area (Å²) < 4.78 is 25.3. The van der Waals surface area contributed by atoms with Crippen LogP contribution in [0.2, 0.25) is 0 Å². The smallest absolute Gasteiger partial charge is 0.305 e. The Morgan fingerprint density at radius 3 is 2.85 bits per heavy atom. The van der Waals surface area contributed by atoms with Crippen LogP contribution in [0.25, 0.3) is 0 Å². The minimum absolute atomic E-state index is 0.174. The number of esters is 1. The first-order chi connectivity index (χ1) is 13.0. The van der Waals surface area contributed by atoms with Crippen molar-refractivity contribution in [3.05, 3.63) is 11.8 Å². The Kier molecular flexibility index (Phi) is 9.03. The summed E-state index contributed by atoms with van der Waals surface area (Å²) in [5.74, 6) is -0.438. The summed E-state index contributed by atoms with van der Waals surface area (Å²) in [6.07, 6.45) is 6.41. The van der Waals surface area contributed by atoms with Crippen LogP contribution in [0.1, 0.15) is 71.1 Å². The summed E-state index contributed by atoms with van der Waals surface area (Å²) in [7, 11) is 1.35. The van der Waals surface area contributed by atoms with Crippen LogP contribution in [0, 0.1) is 11.8 Å². The molecule has 6 atom stereocenters. The molecule has 0 aromatic heterocycles. The number of alkyl halides is 1. The molecule has 0 amide bonds. The highest BCUT2D eigenvalue weighted by molar-refractivity contribution is 5.69. The highest BCUT2D eigenvalue weighted by Gasteiger charge is 2.53. The van der Waals surface area contributed by atoms with E-state index in [2.05, 4.69) is 11.7 Å². The van der Waals surface area contributed by atoms with Gasteiger partial charge in [-0.25, -0.2) is 4.39 Å². The van der Waals surface area contributed by atoms with E-state index in [0.29, 0.717) is 44.3 Å². The minimum atomic E-state index is -1.22. The van der Waals surface area contributed by atoms with E-state index in [1.54, 1.807) is 6.08 Å². The fourth-order valence-electron chi connectivity index (χ4n) is 4.36. The van der Waals surface area contributed by atoms with Crippen LogP contribution < -0.4 is 0 Å². The molecule has 0 aromatic carbocycles. The summed E-state index contributed by atoms with van der Waals surface area (Å²) in [4.78, 5) is 11.1. The molecule has 2 N–H and O–H groups in total. The maximum absolute atomic E-state index is 14.9. The normalized spacial score (nSPS) is 32.3. The van der Waals surface area contributed by atoms with Gasteiger partial charge in [-0.2, -0.15) is 0 Å². The topological polar surface area (TPSA) is 76.0 Å². The molecule has 0 spiro atoms. The van der Waals surface area contributed by atoms with Crippen molar-refractivity contribution in [3.8, 4) is 0 Å². The van der Waals surface area contributed by atoms with Crippen LogP contribution in [0.3, 0.4) is 0 Å². The lowest BCUT2D eigenvalue weighted by Gasteiger charge is -2.22. The summed E-state index contributed by atoms with van der Waals surface area (Å²) >= 11 is 0. The molecule has 27 heavy (non-hydrogen) atoms. The van der Waals surface area contributed by atoms with Gasteiger partial charge in [0, 0.05) is 18.8 Å². The molecular weight excluding hydrogens is 351 g/mol. The predicted molar refractivity (Wildman–Crippen MR) is 101 cm³/mol. The number of unbranched alkanes of at least 4 members (excludes halogenated alkanes) is 3. The Bertz CT molecular complexity index is 495. The van der Waals surface area contributed by atoms with Crippen LogP contribution in [-0.2, 0) is 14.3 Å². The van der Waals surface area contributed by atoms with E-state index < -0.39 is 12.3 Å². The first kappa shape index (κ1) is 22.2. The van der Waals surface area contributed by atoms with Crippen molar-refractivity contribution >= 4 is 5.97 Å². The monoisotopic (exact) mass is 386 g/mol. The molecule has 1 aliphatic heterocycles. The zero-order chi connectivity index (χ0) is 19.8. The van der Waals surface area contributed by atoms with Crippen molar-refractivity contribution in [2.75, 3.05) is 7.11 Å². The number of carbonyl (C=O) groups excluding carboxylic acids is 1. The maximum Gasteiger partial charge on any atom is 0.305 e. The Morgan fingerprint density at radius 2 is 2.15 bits per heavy atom. The van der Waals surface area contributed by atoms with Crippen LogP contribution in [0.4, 0.5) is 4.39 Å². The summed E-state index contributed by atoms with van der Waals surface area (Å²) in [6.45, 7) is 2.13. The second-order valence-electron chi connectivity index (χ2n) is 7.90. The standard InChI is InChI=1S/C21H35FO5/c1-3-4-5-8-14(23)11-12-15-16(24)13-18-20(15)21(22)17(27-18)9-6-7-10-19(25)26-2/h9,14-16,18,20-21,23-24H,3-8,10-13H2,1-2H3/t14-,15-,16+,18+,20+,21+/m0/s1. The van der Waals surface area contributed by atoms with E-state index in [1.807, 2.05) is 0 Å². The van der Waals surface area contributed by atoms with Gasteiger partial charge in [0.05, 0.1) is 19.3 Å². The highest BCUT2D eigenvalue weighted by atomic mass is 19.1. The number of carbonyl (C=O) groups is 1. The van der Waals surface area contributed by atoms with E-state index in [9.17, 15) is 19.4 Å². The molecule has 1 aliphatic carbocycles. The first-order valence-electron chi connectivity index (χ1n) is 10.4. The van der Waals surface area contributed by atoms with Gasteiger partial charge >= 0.3 is 5.97 Å². The lowest BCUT2D eigenvalue weighted by molar-refractivity contribution is -0.140. The van der Waals surface area contributed by atoms with Crippen molar-refractivity contribution in [1.29, 1.82) is 0 Å². The Labute approximate surface area is 161 Å². The fraction of sp³-hybridized carbons (Fsp3) is 0.857. The molecule has 6 heteroatoms. The van der Waals surface area contributed by atoms with Crippen molar-refractivity contribution in [3.63, 3.8) is 0 Å². The number of aliphatic hydroxyl groups is 2. The Balaban J connectivity index is 1.82. The second kappa shape index (κ2) is 11.0. The largest absolute Gasteiger partial charge is 0.491 e. The average Bonchev–Trinajstić information content (AvgIpc) is 3.12. The average molecular weight is 387 g/mol. The number of ether oxygens (including phenoxy) is 2. The van der Waals surface area contributed by atoms with Gasteiger partial charge in [0.2, 0.25) is 0 Å². The second-order valence-corrected chi connectivity index (χ2v) is 7.90. The van der Waals surface area contributed by atoms with Gasteiger partial charge in [0.15, 0.2) is 6.17 Å². The molecule has 0 aromatic rings. The van der Waals surface area contributed by atoms with Crippen LogP contribution in [0.5, 0.6) is 0 Å². The predicted octanol–water partition coefficient (Wildman–Crippen LogP) is 3.67. The lowest BCUT2D eigenvalue weighted by atomic mass is 9.85. The number of rotatable bonds is 11. The molecular formula is C21H35FO5. The summed E-state index contributed by atoms with van der Waals surface area (Å²) in [5.41, 5.74) is 0. The lowest BCUT2D eigenvalue weighted by Crippen LogP contribution is -2.27. The van der Waals surface area contributed by atoms with Gasteiger partial charge in [-0.15, -0.1) is 0 Å². The van der Waals surface area contributed by atoms with Gasteiger partial charge in [0.25, 0.3) is 0 Å². The SMILES string of the molecule is CCCCC[C@H](O)CC[C@@H]1[C@H]2[C@H](F)C(=CCCCC(=O)OC)O[C@@H]2C[C@H]1O. The van der Waals surface area contributed by atoms with Gasteiger partial charge in [-0.05, 0) is 44.1 Å². The van der Waals surface area contributed by atoms with E-state index in [1.165, 1.54) is 7.11 Å². The molecule has 156 valence electrons. The van der Waals surface area contributed by atoms with Crippen molar-refractivity contribution < 1.29 is 28.9 Å². The van der Waals surface area contributed by atoms with Crippen LogP contribution >= 0.6 is 0 Å². The molecule has 1 saturated carbocycles. The summed E-state index contributed by atoms with van der Waals surface area (Å²) in [6, 6.07) is 0. The van der Waals surface area contributed by atoms with E-state index >= 15 is 0 Å². The Hall–Kier alpha value is -1.14. The van der Waals surface area contributed by atoms with Crippen LogP contribution in [0.15, 0.2) is 11.8 Å². The maximum atomic E-state index is 14.9. The highest BCUT2D eigenvalue weighted by Crippen LogP contribution is 2.48. The number of fused-ring (bicyclic) bond motifs is 1. The third-order valence-electron chi connectivity index (χ3n) is 5.92. The van der Waals surface area contributed by atoms with E-state index in [-0.39, 0.29) is 30.0 Å². The molecule has 2 rings (SSSR count). The van der Waals surface area contributed by atoms with Gasteiger partial charge in [-0.3, -0.25) is 4.79 Å². The van der Waals surface area contributed by atoms with Crippen LogP contribution in [-0.4, -0.2) is 47.8 Å². The van der Waals surface area contributed by atoms with Crippen molar-refractivity contribution in [2.24, 2.45) is 11.8 Å². The quantitative estimate of drug-likeness (QED) is 0.419. The molecule has 2 fully saturated rings. The number of methoxy groups -OCH3 is 1. The van der Waals surface area contributed by atoms with E-state index in [0.717, 1.165) is 25.7 Å². The number of hydrogen-bond acceptors (Lipinski definition) is 5. The van der Waals surface area contributed by atoms with Gasteiger partial charge in [-0.1, -0.05) is 26.2 Å². The van der Waals surface area contributed by atoms with Gasteiger partial charge in [0.1, 0.15) is 11.9 Å². The third kappa shape index (κ3) is 6.18. The molecule has 0 bridgehead atoms. The molecule has 0 unspecified atom stereocenters. The molecule has 5 nitrogen and oxygen atoms in total. The molecule has 1 heterocycles. The van der Waals surface area contributed by atoms with Crippen molar-refractivity contribution in [1.82, 2.24) is 0 Å².